The molecule has 0 bridgehead atoms. The van der Waals surface area contributed by atoms with Gasteiger partial charge in [-0.15, -0.1) is 11.3 Å². The number of fused-ring (bicyclic) bond motifs is 1. The van der Waals surface area contributed by atoms with Crippen molar-refractivity contribution in [2.24, 2.45) is 0 Å². The van der Waals surface area contributed by atoms with E-state index in [9.17, 15) is 4.79 Å². The van der Waals surface area contributed by atoms with Crippen LogP contribution in [0.5, 0.6) is 0 Å². The fourth-order valence-corrected chi connectivity index (χ4v) is 3.52. The molecule has 2 aromatic heterocycles. The van der Waals surface area contributed by atoms with Gasteiger partial charge in [0.25, 0.3) is 0 Å². The van der Waals surface area contributed by atoms with Gasteiger partial charge in [0, 0.05) is 39.2 Å². The summed E-state index contributed by atoms with van der Waals surface area (Å²) in [4.78, 5) is 25.0. The molecule has 1 N–H and O–H groups in total. The average Bonchev–Trinajstić information content (AvgIpc) is 3.01. The summed E-state index contributed by atoms with van der Waals surface area (Å²) in [5, 5.41) is 14.2. The molecule has 3 rings (SSSR count). The number of amides is 1. The normalized spacial score (nSPS) is 13.9. The van der Waals surface area contributed by atoms with Gasteiger partial charge < -0.3 is 10.2 Å². The number of carbonyl (C=O) groups excluding carboxylic acids is 1. The Labute approximate surface area is 144 Å². The Hall–Kier alpha value is -2.50. The zero-order valence-electron chi connectivity index (χ0n) is 13.6. The van der Waals surface area contributed by atoms with Gasteiger partial charge in [-0.3, -0.25) is 9.69 Å². The summed E-state index contributed by atoms with van der Waals surface area (Å²) in [7, 11) is 3.91. The second-order valence-corrected chi connectivity index (χ2v) is 6.72. The standard InChI is InChI=1S/C16H18N6OS/c1-21(2)15-12-8-22(5-3-13(12)18-10-19-15)9-14(23)20-16-11(7-17)4-6-24-16/h4,6,10H,3,5,8-9H2,1-2H3,(H,20,23). The Bertz CT molecular complexity index is 794. The summed E-state index contributed by atoms with van der Waals surface area (Å²) in [6.07, 6.45) is 2.39. The molecule has 0 radical (unpaired) electrons. The molecule has 124 valence electrons. The lowest BCUT2D eigenvalue weighted by Gasteiger charge is -2.29. The van der Waals surface area contributed by atoms with Crippen molar-refractivity contribution in [3.8, 4) is 6.07 Å². The van der Waals surface area contributed by atoms with Gasteiger partial charge in [0.2, 0.25) is 5.91 Å². The van der Waals surface area contributed by atoms with Crippen LogP contribution in [0.25, 0.3) is 0 Å². The fourth-order valence-electron chi connectivity index (χ4n) is 2.77. The first kappa shape index (κ1) is 16.4. The van der Waals surface area contributed by atoms with Gasteiger partial charge in [-0.1, -0.05) is 0 Å². The second-order valence-electron chi connectivity index (χ2n) is 5.80. The molecule has 8 heteroatoms. The molecule has 0 fully saturated rings. The molecule has 0 unspecified atom stereocenters. The van der Waals surface area contributed by atoms with Crippen LogP contribution in [0.2, 0.25) is 0 Å². The smallest absolute Gasteiger partial charge is 0.239 e. The Morgan fingerprint density at radius 2 is 2.33 bits per heavy atom. The maximum atomic E-state index is 12.3. The molecule has 0 aromatic carbocycles. The van der Waals surface area contributed by atoms with E-state index in [0.29, 0.717) is 17.1 Å². The minimum absolute atomic E-state index is 0.111. The van der Waals surface area contributed by atoms with Crippen molar-refractivity contribution in [1.82, 2.24) is 14.9 Å². The fraction of sp³-hybridized carbons (Fsp3) is 0.375. The van der Waals surface area contributed by atoms with Crippen LogP contribution in [-0.2, 0) is 17.8 Å². The minimum atomic E-state index is -0.111. The molecule has 1 amide bonds. The van der Waals surface area contributed by atoms with Crippen molar-refractivity contribution in [3.63, 3.8) is 0 Å². The zero-order chi connectivity index (χ0) is 17.1. The largest absolute Gasteiger partial charge is 0.362 e. The van der Waals surface area contributed by atoms with E-state index in [-0.39, 0.29) is 12.5 Å². The Morgan fingerprint density at radius 1 is 1.50 bits per heavy atom. The Morgan fingerprint density at radius 3 is 3.08 bits per heavy atom. The van der Waals surface area contributed by atoms with E-state index in [1.807, 2.05) is 19.0 Å². The third-order valence-electron chi connectivity index (χ3n) is 3.89. The molecule has 3 heterocycles. The van der Waals surface area contributed by atoms with Gasteiger partial charge in [0.1, 0.15) is 23.2 Å². The number of nitriles is 1. The van der Waals surface area contributed by atoms with E-state index in [1.165, 1.54) is 11.3 Å². The summed E-state index contributed by atoms with van der Waals surface area (Å²) in [5.41, 5.74) is 2.63. The number of rotatable bonds is 4. The quantitative estimate of drug-likeness (QED) is 0.906. The van der Waals surface area contributed by atoms with E-state index in [4.69, 9.17) is 5.26 Å². The van der Waals surface area contributed by atoms with E-state index >= 15 is 0 Å². The van der Waals surface area contributed by atoms with E-state index in [2.05, 4.69) is 26.3 Å². The van der Waals surface area contributed by atoms with Crippen LogP contribution in [0.4, 0.5) is 10.8 Å². The molecule has 2 aromatic rings. The van der Waals surface area contributed by atoms with Gasteiger partial charge in [0.15, 0.2) is 0 Å². The highest BCUT2D eigenvalue weighted by atomic mass is 32.1. The summed E-state index contributed by atoms with van der Waals surface area (Å²) in [5.74, 6) is 0.788. The monoisotopic (exact) mass is 342 g/mol. The van der Waals surface area contributed by atoms with Crippen molar-refractivity contribution in [3.05, 3.63) is 34.6 Å². The number of aromatic nitrogens is 2. The second kappa shape index (κ2) is 6.95. The first-order chi connectivity index (χ1) is 11.6. The first-order valence-corrected chi connectivity index (χ1v) is 8.46. The number of anilines is 2. The SMILES string of the molecule is CN(C)c1ncnc2c1CN(CC(=O)Nc1sccc1C#N)CC2. The molecule has 0 spiro atoms. The van der Waals surface area contributed by atoms with Gasteiger partial charge >= 0.3 is 0 Å². The van der Waals surface area contributed by atoms with E-state index in [1.54, 1.807) is 17.8 Å². The molecule has 0 saturated heterocycles. The van der Waals surface area contributed by atoms with Gasteiger partial charge in [0.05, 0.1) is 17.8 Å². The van der Waals surface area contributed by atoms with Crippen LogP contribution in [0.1, 0.15) is 16.8 Å². The molecule has 24 heavy (non-hydrogen) atoms. The number of hydrogen-bond acceptors (Lipinski definition) is 7. The van der Waals surface area contributed by atoms with Crippen LogP contribution in [0.15, 0.2) is 17.8 Å². The van der Waals surface area contributed by atoms with Crippen molar-refractivity contribution in [1.29, 1.82) is 5.26 Å². The number of thiophene rings is 1. The first-order valence-electron chi connectivity index (χ1n) is 7.58. The van der Waals surface area contributed by atoms with Gasteiger partial charge in [-0.25, -0.2) is 9.97 Å². The van der Waals surface area contributed by atoms with Gasteiger partial charge in [-0.05, 0) is 11.4 Å². The molecule has 7 nitrogen and oxygen atoms in total. The predicted octanol–water partition coefficient (Wildman–Crippen LogP) is 1.47. The number of hydrogen-bond donors (Lipinski definition) is 1. The minimum Gasteiger partial charge on any atom is -0.362 e. The van der Waals surface area contributed by atoms with Crippen LogP contribution in [0, 0.1) is 11.3 Å². The van der Waals surface area contributed by atoms with Crippen LogP contribution < -0.4 is 10.2 Å². The Balaban J connectivity index is 1.68. The lowest BCUT2D eigenvalue weighted by atomic mass is 10.1. The van der Waals surface area contributed by atoms with Gasteiger partial charge in [-0.2, -0.15) is 5.26 Å². The molecule has 0 saturated carbocycles. The molecule has 1 aliphatic heterocycles. The van der Waals surface area contributed by atoms with Crippen molar-refractivity contribution < 1.29 is 4.79 Å². The molecule has 0 atom stereocenters. The van der Waals surface area contributed by atoms with Crippen molar-refractivity contribution in [2.45, 2.75) is 13.0 Å². The van der Waals surface area contributed by atoms with E-state index in [0.717, 1.165) is 30.0 Å². The zero-order valence-corrected chi connectivity index (χ0v) is 14.4. The maximum Gasteiger partial charge on any atom is 0.239 e. The third kappa shape index (κ3) is 3.37. The van der Waals surface area contributed by atoms with Crippen LogP contribution in [-0.4, -0.2) is 48.0 Å². The number of carbonyl (C=O) groups is 1. The summed E-state index contributed by atoms with van der Waals surface area (Å²) >= 11 is 1.36. The van der Waals surface area contributed by atoms with Crippen molar-refractivity contribution >= 4 is 28.1 Å². The van der Waals surface area contributed by atoms with Crippen LogP contribution >= 0.6 is 11.3 Å². The molecular weight excluding hydrogens is 324 g/mol. The lowest BCUT2D eigenvalue weighted by Crippen LogP contribution is -2.38. The number of nitrogens with zero attached hydrogens (tertiary/aromatic N) is 5. The highest BCUT2D eigenvalue weighted by molar-refractivity contribution is 7.14. The summed E-state index contributed by atoms with van der Waals surface area (Å²) < 4.78 is 0. The molecule has 1 aliphatic rings. The van der Waals surface area contributed by atoms with Crippen LogP contribution in [0.3, 0.4) is 0 Å². The maximum absolute atomic E-state index is 12.3. The lowest BCUT2D eigenvalue weighted by molar-refractivity contribution is -0.117. The predicted molar refractivity (Wildman–Crippen MR) is 93.0 cm³/mol. The summed E-state index contributed by atoms with van der Waals surface area (Å²) in [6.45, 7) is 1.70. The van der Waals surface area contributed by atoms with Crippen molar-refractivity contribution in [2.75, 3.05) is 37.4 Å². The Kier molecular flexibility index (Phi) is 4.74. The third-order valence-corrected chi connectivity index (χ3v) is 4.72. The summed E-state index contributed by atoms with van der Waals surface area (Å²) in [6, 6.07) is 3.78. The highest BCUT2D eigenvalue weighted by Gasteiger charge is 2.23. The topological polar surface area (TPSA) is 85.2 Å². The number of nitrogens with one attached hydrogen (secondary N) is 1. The highest BCUT2D eigenvalue weighted by Crippen LogP contribution is 2.25. The molecule has 0 aliphatic carbocycles. The molecular formula is C16H18N6OS. The average molecular weight is 342 g/mol. The van der Waals surface area contributed by atoms with E-state index < -0.39 is 0 Å².